The van der Waals surface area contributed by atoms with E-state index in [1.165, 1.54) is 0 Å². The summed E-state index contributed by atoms with van der Waals surface area (Å²) in [6.45, 7) is 4.00. The molecule has 0 radical (unpaired) electrons. The summed E-state index contributed by atoms with van der Waals surface area (Å²) < 4.78 is 0. The number of carbonyl (C=O) groups excluding carboxylic acids is 2. The van der Waals surface area contributed by atoms with Crippen LogP contribution in [0.4, 0.5) is 4.79 Å². The van der Waals surface area contributed by atoms with Crippen LogP contribution < -0.4 is 16.0 Å². The van der Waals surface area contributed by atoms with E-state index in [2.05, 4.69) is 22.9 Å². The molecule has 3 N–H and O–H groups in total. The van der Waals surface area contributed by atoms with Crippen LogP contribution in [0.5, 0.6) is 0 Å². The number of hydrogen-bond donors (Lipinski definition) is 3. The zero-order valence-electron chi connectivity index (χ0n) is 8.43. The van der Waals surface area contributed by atoms with Gasteiger partial charge in [0.15, 0.2) is 0 Å². The Bertz CT molecular complexity index is 218. The molecule has 0 spiro atoms. The average Bonchev–Trinajstić information content (AvgIpc) is 2.45. The van der Waals surface area contributed by atoms with Gasteiger partial charge in [0.2, 0.25) is 0 Å². The third-order valence-electron chi connectivity index (χ3n) is 2.20. The van der Waals surface area contributed by atoms with Crippen LogP contribution in [0.25, 0.3) is 0 Å². The summed E-state index contributed by atoms with van der Waals surface area (Å²) in [5, 5.41) is 7.99. The van der Waals surface area contributed by atoms with Crippen molar-refractivity contribution in [1.82, 2.24) is 16.0 Å². The maximum absolute atomic E-state index is 11.1. The number of amides is 3. The molecule has 1 atom stereocenters. The van der Waals surface area contributed by atoms with Crippen LogP contribution >= 0.6 is 0 Å². The molecule has 0 saturated carbocycles. The highest BCUT2D eigenvalue weighted by atomic mass is 16.2. The molecule has 80 valence electrons. The molecule has 0 bridgehead atoms. The minimum Gasteiger partial charge on any atom is -0.326 e. The zero-order chi connectivity index (χ0) is 10.4. The number of hydrogen-bond acceptors (Lipinski definition) is 3. The van der Waals surface area contributed by atoms with E-state index >= 15 is 0 Å². The number of rotatable bonds is 6. The van der Waals surface area contributed by atoms with Gasteiger partial charge in [-0.2, -0.15) is 0 Å². The topological polar surface area (TPSA) is 70.2 Å². The molecule has 14 heavy (non-hydrogen) atoms. The molecular formula is C9H17N3O2. The Morgan fingerprint density at radius 2 is 2.14 bits per heavy atom. The highest BCUT2D eigenvalue weighted by Gasteiger charge is 2.28. The van der Waals surface area contributed by atoms with Crippen molar-refractivity contribution in [3.05, 3.63) is 0 Å². The Hall–Kier alpha value is -1.10. The molecule has 0 aromatic rings. The van der Waals surface area contributed by atoms with Crippen molar-refractivity contribution in [1.29, 1.82) is 0 Å². The summed E-state index contributed by atoms with van der Waals surface area (Å²) in [7, 11) is 0. The van der Waals surface area contributed by atoms with E-state index in [9.17, 15) is 9.59 Å². The maximum Gasteiger partial charge on any atom is 0.322 e. The molecule has 5 heteroatoms. The van der Waals surface area contributed by atoms with Gasteiger partial charge >= 0.3 is 6.03 Å². The number of urea groups is 1. The van der Waals surface area contributed by atoms with Crippen molar-refractivity contribution in [2.45, 2.75) is 32.2 Å². The summed E-state index contributed by atoms with van der Waals surface area (Å²) in [5.74, 6) is -0.196. The Balaban J connectivity index is 2.07. The van der Waals surface area contributed by atoms with Gasteiger partial charge in [0.25, 0.3) is 5.91 Å². The molecule has 1 aliphatic rings. The predicted molar refractivity (Wildman–Crippen MR) is 52.9 cm³/mol. The van der Waals surface area contributed by atoms with E-state index in [1.54, 1.807) is 0 Å². The third kappa shape index (κ3) is 3.33. The van der Waals surface area contributed by atoms with Gasteiger partial charge in [0.1, 0.15) is 6.04 Å². The van der Waals surface area contributed by atoms with Gasteiger partial charge in [-0.15, -0.1) is 0 Å². The fraction of sp³-hybridized carbons (Fsp3) is 0.778. The highest BCUT2D eigenvalue weighted by molar-refractivity contribution is 6.04. The third-order valence-corrected chi connectivity index (χ3v) is 2.20. The Kier molecular flexibility index (Phi) is 4.39. The van der Waals surface area contributed by atoms with Crippen LogP contribution in [0.3, 0.4) is 0 Å². The molecule has 5 nitrogen and oxygen atoms in total. The number of nitrogens with one attached hydrogen (secondary N) is 3. The molecule has 3 amide bonds. The van der Waals surface area contributed by atoms with Crippen LogP contribution in [0.1, 0.15) is 26.2 Å². The van der Waals surface area contributed by atoms with Crippen LogP contribution in [-0.4, -0.2) is 31.1 Å². The first kappa shape index (κ1) is 11.0. The summed E-state index contributed by atoms with van der Waals surface area (Å²) in [4.78, 5) is 21.8. The zero-order valence-corrected chi connectivity index (χ0v) is 8.43. The molecule has 0 aliphatic carbocycles. The van der Waals surface area contributed by atoms with Gasteiger partial charge in [-0.3, -0.25) is 10.1 Å². The van der Waals surface area contributed by atoms with E-state index in [0.29, 0.717) is 0 Å². The van der Waals surface area contributed by atoms with Gasteiger partial charge < -0.3 is 10.6 Å². The molecular weight excluding hydrogens is 182 g/mol. The van der Waals surface area contributed by atoms with Gasteiger partial charge in [-0.25, -0.2) is 4.79 Å². The molecule has 1 aliphatic heterocycles. The fourth-order valence-corrected chi connectivity index (χ4v) is 1.44. The first-order valence-electron chi connectivity index (χ1n) is 5.06. The van der Waals surface area contributed by atoms with Crippen molar-refractivity contribution in [2.24, 2.45) is 0 Å². The Morgan fingerprint density at radius 1 is 1.36 bits per heavy atom. The van der Waals surface area contributed by atoms with Gasteiger partial charge in [-0.1, -0.05) is 6.92 Å². The normalized spacial score (nSPS) is 20.8. The van der Waals surface area contributed by atoms with Gasteiger partial charge in [0.05, 0.1) is 0 Å². The fourth-order valence-electron chi connectivity index (χ4n) is 1.44. The van der Waals surface area contributed by atoms with Crippen molar-refractivity contribution in [2.75, 3.05) is 13.1 Å². The van der Waals surface area contributed by atoms with Gasteiger partial charge in [0, 0.05) is 0 Å². The standard InChI is InChI=1S/C9H17N3O2/c1-2-10-6-4-3-5-7-8(13)12-9(14)11-7/h7,10H,2-6H2,1H3,(H2,11,12,13,14)/t7-/m1/s1. The average molecular weight is 199 g/mol. The second-order valence-corrected chi connectivity index (χ2v) is 3.36. The first-order chi connectivity index (χ1) is 6.74. The number of carbonyl (C=O) groups is 2. The second-order valence-electron chi connectivity index (χ2n) is 3.36. The van der Waals surface area contributed by atoms with Crippen LogP contribution in [0.2, 0.25) is 0 Å². The lowest BCUT2D eigenvalue weighted by atomic mass is 10.1. The molecule has 0 aromatic carbocycles. The minimum atomic E-state index is -0.369. The van der Waals surface area contributed by atoms with Crippen LogP contribution in [0, 0.1) is 0 Å². The Morgan fingerprint density at radius 3 is 2.71 bits per heavy atom. The summed E-state index contributed by atoms with van der Waals surface area (Å²) in [6, 6.07) is -0.684. The minimum absolute atomic E-state index is 0.196. The van der Waals surface area contributed by atoms with Crippen molar-refractivity contribution < 1.29 is 9.59 Å². The summed E-state index contributed by atoms with van der Waals surface area (Å²) >= 11 is 0. The smallest absolute Gasteiger partial charge is 0.322 e. The highest BCUT2D eigenvalue weighted by Crippen LogP contribution is 2.04. The maximum atomic E-state index is 11.1. The molecule has 0 unspecified atom stereocenters. The molecule has 1 heterocycles. The summed E-state index contributed by atoms with van der Waals surface area (Å²) in [6.07, 6.45) is 2.71. The lowest BCUT2D eigenvalue weighted by molar-refractivity contribution is -0.120. The Labute approximate surface area is 83.6 Å². The molecule has 0 aromatic heterocycles. The number of imide groups is 1. The van der Waals surface area contributed by atoms with E-state index in [1.807, 2.05) is 0 Å². The van der Waals surface area contributed by atoms with E-state index in [-0.39, 0.29) is 18.0 Å². The monoisotopic (exact) mass is 199 g/mol. The van der Waals surface area contributed by atoms with Gasteiger partial charge in [-0.05, 0) is 32.4 Å². The van der Waals surface area contributed by atoms with E-state index in [4.69, 9.17) is 0 Å². The SMILES string of the molecule is CCNCCCC[C@H]1NC(=O)NC1=O. The van der Waals surface area contributed by atoms with Crippen LogP contribution in [-0.2, 0) is 4.79 Å². The van der Waals surface area contributed by atoms with E-state index < -0.39 is 0 Å². The molecule has 1 fully saturated rings. The summed E-state index contributed by atoms with van der Waals surface area (Å²) in [5.41, 5.74) is 0. The largest absolute Gasteiger partial charge is 0.326 e. The lowest BCUT2D eigenvalue weighted by Crippen LogP contribution is -2.28. The number of unbranched alkanes of at least 4 members (excludes halogenated alkanes) is 1. The molecule has 1 rings (SSSR count). The first-order valence-corrected chi connectivity index (χ1v) is 5.06. The predicted octanol–water partition coefficient (Wildman–Crippen LogP) is -0.0258. The quantitative estimate of drug-likeness (QED) is 0.416. The van der Waals surface area contributed by atoms with Crippen molar-refractivity contribution >= 4 is 11.9 Å². The molecule has 1 saturated heterocycles. The van der Waals surface area contributed by atoms with E-state index in [0.717, 1.165) is 32.4 Å². The lowest BCUT2D eigenvalue weighted by Gasteiger charge is -2.06. The second kappa shape index (κ2) is 5.59. The van der Waals surface area contributed by atoms with Crippen LogP contribution in [0.15, 0.2) is 0 Å². The van der Waals surface area contributed by atoms with Crippen molar-refractivity contribution in [3.8, 4) is 0 Å². The van der Waals surface area contributed by atoms with Crippen molar-refractivity contribution in [3.63, 3.8) is 0 Å².